The van der Waals surface area contributed by atoms with Crippen LogP contribution in [0.5, 0.6) is 5.75 Å². The Morgan fingerprint density at radius 2 is 1.95 bits per heavy atom. The fourth-order valence-electron chi connectivity index (χ4n) is 1.91. The summed E-state index contributed by atoms with van der Waals surface area (Å²) in [5, 5.41) is 1.28. The lowest BCUT2D eigenvalue weighted by atomic mass is 9.99. The van der Waals surface area contributed by atoms with Crippen molar-refractivity contribution < 1.29 is 4.74 Å². The van der Waals surface area contributed by atoms with Gasteiger partial charge >= 0.3 is 0 Å². The molecule has 0 amide bonds. The molecular weight excluding hydrogens is 476 g/mol. The van der Waals surface area contributed by atoms with Crippen molar-refractivity contribution in [3.63, 3.8) is 0 Å². The lowest BCUT2D eigenvalue weighted by molar-refractivity contribution is 0.405. The molecule has 0 fully saturated rings. The van der Waals surface area contributed by atoms with Crippen LogP contribution < -0.4 is 10.5 Å². The van der Waals surface area contributed by atoms with Crippen molar-refractivity contribution in [1.29, 1.82) is 0 Å². The Morgan fingerprint density at radius 3 is 2.55 bits per heavy atom. The largest absolute Gasteiger partial charge is 0.495 e. The SMILES string of the molecule is COc1c(Br)cc(Cl)cc1C(N)c1ccc(I)c(Cl)c1. The normalized spacial score (nSPS) is 12.3. The lowest BCUT2D eigenvalue weighted by Crippen LogP contribution is -2.13. The van der Waals surface area contributed by atoms with Crippen LogP contribution in [-0.4, -0.2) is 7.11 Å². The summed E-state index contributed by atoms with van der Waals surface area (Å²) in [6, 6.07) is 8.97. The van der Waals surface area contributed by atoms with Crippen molar-refractivity contribution in [1.82, 2.24) is 0 Å². The Balaban J connectivity index is 2.52. The molecule has 0 aromatic heterocycles. The van der Waals surface area contributed by atoms with Gasteiger partial charge in [0.05, 0.1) is 22.6 Å². The zero-order valence-corrected chi connectivity index (χ0v) is 15.7. The topological polar surface area (TPSA) is 35.2 Å². The van der Waals surface area contributed by atoms with E-state index in [9.17, 15) is 0 Å². The Bertz CT molecular complexity index is 651. The van der Waals surface area contributed by atoms with Gasteiger partial charge in [-0.25, -0.2) is 0 Å². The molecule has 1 atom stereocenters. The lowest BCUT2D eigenvalue weighted by Gasteiger charge is -2.18. The van der Waals surface area contributed by atoms with Crippen LogP contribution in [0, 0.1) is 3.57 Å². The Kier molecular flexibility index (Phi) is 5.59. The second kappa shape index (κ2) is 6.83. The van der Waals surface area contributed by atoms with Crippen LogP contribution in [0.15, 0.2) is 34.8 Å². The van der Waals surface area contributed by atoms with E-state index in [-0.39, 0.29) is 6.04 Å². The first kappa shape index (κ1) is 16.4. The number of nitrogens with two attached hydrogens (primary N) is 1. The van der Waals surface area contributed by atoms with Gasteiger partial charge in [0.15, 0.2) is 0 Å². The van der Waals surface area contributed by atoms with Crippen LogP contribution in [0.25, 0.3) is 0 Å². The third-order valence-corrected chi connectivity index (χ3v) is 5.26. The fourth-order valence-corrected chi connectivity index (χ4v) is 3.43. The van der Waals surface area contributed by atoms with E-state index in [2.05, 4.69) is 38.5 Å². The highest BCUT2D eigenvalue weighted by Crippen LogP contribution is 2.38. The molecule has 2 aromatic rings. The van der Waals surface area contributed by atoms with Gasteiger partial charge in [0.2, 0.25) is 0 Å². The second-order valence-corrected chi connectivity index (χ2v) is 7.02. The van der Waals surface area contributed by atoms with E-state index in [0.29, 0.717) is 15.8 Å². The summed E-state index contributed by atoms with van der Waals surface area (Å²) in [5.41, 5.74) is 8.04. The Hall–Kier alpha value is -0.0100. The maximum Gasteiger partial charge on any atom is 0.138 e. The maximum atomic E-state index is 6.33. The highest BCUT2D eigenvalue weighted by Gasteiger charge is 2.18. The summed E-state index contributed by atoms with van der Waals surface area (Å²) in [4.78, 5) is 0. The molecule has 0 aliphatic rings. The molecule has 2 nitrogen and oxygen atoms in total. The summed E-state index contributed by atoms with van der Waals surface area (Å²) in [7, 11) is 1.60. The first-order valence-corrected chi connectivity index (χ1v) is 8.30. The number of hydrogen-bond donors (Lipinski definition) is 1. The van der Waals surface area contributed by atoms with Crippen molar-refractivity contribution in [2.24, 2.45) is 5.73 Å². The molecule has 0 spiro atoms. The molecule has 0 heterocycles. The van der Waals surface area contributed by atoms with Gasteiger partial charge in [-0.05, 0) is 68.3 Å². The van der Waals surface area contributed by atoms with Gasteiger partial charge in [0, 0.05) is 14.2 Å². The van der Waals surface area contributed by atoms with Crippen molar-refractivity contribution >= 4 is 61.7 Å². The maximum absolute atomic E-state index is 6.33. The average Bonchev–Trinajstić information content (AvgIpc) is 2.40. The van der Waals surface area contributed by atoms with Crippen molar-refractivity contribution in [3.8, 4) is 5.75 Å². The molecule has 6 heteroatoms. The second-order valence-electron chi connectivity index (χ2n) is 4.16. The minimum Gasteiger partial charge on any atom is -0.495 e. The minimum absolute atomic E-state index is 0.366. The van der Waals surface area contributed by atoms with Gasteiger partial charge in [-0.2, -0.15) is 0 Å². The average molecular weight is 487 g/mol. The van der Waals surface area contributed by atoms with Crippen LogP contribution in [0.2, 0.25) is 10.0 Å². The highest BCUT2D eigenvalue weighted by atomic mass is 127. The molecule has 1 unspecified atom stereocenters. The first-order chi connectivity index (χ1) is 9.43. The molecule has 0 saturated heterocycles. The third-order valence-electron chi connectivity index (χ3n) is 2.88. The van der Waals surface area contributed by atoms with Crippen molar-refractivity contribution in [2.45, 2.75) is 6.04 Å². The van der Waals surface area contributed by atoms with Gasteiger partial charge in [-0.15, -0.1) is 0 Å². The standard InChI is InChI=1S/C14H11BrCl2INO/c1-20-14-9(5-8(16)6-10(14)15)13(19)7-2-3-12(18)11(17)4-7/h2-6,13H,19H2,1H3. The van der Waals surface area contributed by atoms with Gasteiger partial charge < -0.3 is 10.5 Å². The molecule has 2 N–H and O–H groups in total. The van der Waals surface area contributed by atoms with Crippen LogP contribution >= 0.6 is 61.7 Å². The van der Waals surface area contributed by atoms with Gasteiger partial charge in [-0.3, -0.25) is 0 Å². The Morgan fingerprint density at radius 1 is 1.25 bits per heavy atom. The van der Waals surface area contributed by atoms with Crippen LogP contribution in [0.3, 0.4) is 0 Å². The smallest absolute Gasteiger partial charge is 0.138 e. The van der Waals surface area contributed by atoms with Gasteiger partial charge in [-0.1, -0.05) is 29.3 Å². The van der Waals surface area contributed by atoms with E-state index in [1.54, 1.807) is 13.2 Å². The zero-order chi connectivity index (χ0) is 14.9. The van der Waals surface area contributed by atoms with E-state index in [0.717, 1.165) is 19.2 Å². The number of benzene rings is 2. The van der Waals surface area contributed by atoms with Gasteiger partial charge in [0.1, 0.15) is 5.75 Å². The monoisotopic (exact) mass is 485 g/mol. The molecule has 0 aliphatic heterocycles. The van der Waals surface area contributed by atoms with E-state index < -0.39 is 0 Å². The van der Waals surface area contributed by atoms with E-state index in [4.69, 9.17) is 33.7 Å². The van der Waals surface area contributed by atoms with Crippen LogP contribution in [0.1, 0.15) is 17.2 Å². The van der Waals surface area contributed by atoms with Crippen LogP contribution in [-0.2, 0) is 0 Å². The minimum atomic E-state index is -0.366. The molecule has 106 valence electrons. The molecule has 0 saturated carbocycles. The number of ether oxygens (including phenoxy) is 1. The van der Waals surface area contributed by atoms with Crippen LogP contribution in [0.4, 0.5) is 0 Å². The third kappa shape index (κ3) is 3.42. The summed E-state index contributed by atoms with van der Waals surface area (Å²) in [6.45, 7) is 0. The van der Waals surface area contributed by atoms with Crippen molar-refractivity contribution in [3.05, 3.63) is 59.5 Å². The molecule has 2 aromatic carbocycles. The quantitative estimate of drug-likeness (QED) is 0.588. The molecule has 0 bridgehead atoms. The van der Waals surface area contributed by atoms with Gasteiger partial charge in [0.25, 0.3) is 0 Å². The summed E-state index contributed by atoms with van der Waals surface area (Å²) in [6.07, 6.45) is 0. The highest BCUT2D eigenvalue weighted by molar-refractivity contribution is 14.1. The summed E-state index contributed by atoms with van der Waals surface area (Å²) < 4.78 is 7.17. The fraction of sp³-hybridized carbons (Fsp3) is 0.143. The summed E-state index contributed by atoms with van der Waals surface area (Å²) in [5.74, 6) is 0.677. The molecule has 20 heavy (non-hydrogen) atoms. The number of methoxy groups -OCH3 is 1. The predicted octanol–water partition coefficient (Wildman–Crippen LogP) is 5.42. The van der Waals surface area contributed by atoms with Crippen molar-refractivity contribution in [2.75, 3.05) is 7.11 Å². The zero-order valence-electron chi connectivity index (χ0n) is 10.5. The predicted molar refractivity (Wildman–Crippen MR) is 95.9 cm³/mol. The van der Waals surface area contributed by atoms with E-state index in [1.807, 2.05) is 24.3 Å². The number of hydrogen-bond acceptors (Lipinski definition) is 2. The molecular formula is C14H11BrCl2INO. The summed E-state index contributed by atoms with van der Waals surface area (Å²) >= 11 is 17.9. The molecule has 2 rings (SSSR count). The first-order valence-electron chi connectivity index (χ1n) is 5.67. The molecule has 0 aliphatic carbocycles. The molecule has 0 radical (unpaired) electrons. The number of rotatable bonds is 3. The number of halogens is 4. The van der Waals surface area contributed by atoms with E-state index >= 15 is 0 Å². The van der Waals surface area contributed by atoms with E-state index in [1.165, 1.54) is 0 Å². The Labute approximate surface area is 149 Å².